The molecule has 0 amide bonds. The highest BCUT2D eigenvalue weighted by Gasteiger charge is 2.22. The number of nitrogens with two attached hydrogens (primary N) is 1. The molecule has 1 aromatic heterocycles. The maximum atomic E-state index is 6.04. The summed E-state index contributed by atoms with van der Waals surface area (Å²) in [5.41, 5.74) is 9.05. The van der Waals surface area contributed by atoms with Crippen LogP contribution in [0.25, 0.3) is 11.1 Å². The third kappa shape index (κ3) is 2.43. The molecule has 2 aromatic rings. The van der Waals surface area contributed by atoms with Gasteiger partial charge in [-0.2, -0.15) is 5.10 Å². The Kier molecular flexibility index (Phi) is 3.79. The Morgan fingerprint density at radius 3 is 2.53 bits per heavy atom. The number of methoxy groups -OCH3 is 1. The van der Waals surface area contributed by atoms with E-state index < -0.39 is 0 Å². The Morgan fingerprint density at radius 1 is 1.21 bits per heavy atom. The molecule has 0 bridgehead atoms. The number of H-pyrrole nitrogens is 1. The molecule has 0 saturated heterocycles. The normalized spacial score (nSPS) is 12.7. The molecule has 0 aliphatic rings. The number of anilines is 1. The molecule has 1 unspecified atom stereocenters. The molecular weight excluding hydrogens is 238 g/mol. The van der Waals surface area contributed by atoms with E-state index in [0.717, 1.165) is 22.6 Å². The van der Waals surface area contributed by atoms with Crippen molar-refractivity contribution in [2.75, 3.05) is 12.8 Å². The molecule has 1 atom stereocenters. The molecule has 4 heteroatoms. The van der Waals surface area contributed by atoms with Gasteiger partial charge in [-0.05, 0) is 12.0 Å². The smallest absolute Gasteiger partial charge is 0.153 e. The van der Waals surface area contributed by atoms with E-state index in [4.69, 9.17) is 10.5 Å². The van der Waals surface area contributed by atoms with Gasteiger partial charge in [0.25, 0.3) is 0 Å². The first-order chi connectivity index (χ1) is 9.06. The molecule has 0 aliphatic heterocycles. The number of nitrogens with zero attached hydrogens (tertiary/aromatic N) is 1. The van der Waals surface area contributed by atoms with E-state index in [-0.39, 0.29) is 0 Å². The van der Waals surface area contributed by atoms with Crippen LogP contribution in [-0.2, 0) is 0 Å². The molecule has 2 rings (SSSR count). The highest BCUT2D eigenvalue weighted by Crippen LogP contribution is 2.39. The van der Waals surface area contributed by atoms with Gasteiger partial charge < -0.3 is 10.5 Å². The Labute approximate surface area is 114 Å². The van der Waals surface area contributed by atoms with Gasteiger partial charge in [-0.25, -0.2) is 0 Å². The molecule has 4 nitrogen and oxygen atoms in total. The van der Waals surface area contributed by atoms with Crippen molar-refractivity contribution in [3.8, 4) is 16.9 Å². The van der Waals surface area contributed by atoms with Crippen molar-refractivity contribution in [2.45, 2.75) is 26.7 Å². The summed E-state index contributed by atoms with van der Waals surface area (Å²) < 4.78 is 5.42. The van der Waals surface area contributed by atoms with E-state index in [2.05, 4.69) is 31.0 Å². The minimum atomic E-state index is 0.352. The first-order valence-electron chi connectivity index (χ1n) is 6.53. The number of ether oxygens (including phenoxy) is 1. The molecule has 0 spiro atoms. The quantitative estimate of drug-likeness (QED) is 0.884. The molecule has 102 valence electrons. The van der Waals surface area contributed by atoms with E-state index in [1.807, 2.05) is 24.3 Å². The number of para-hydroxylation sites is 1. The van der Waals surface area contributed by atoms with Crippen molar-refractivity contribution in [1.29, 1.82) is 0 Å². The van der Waals surface area contributed by atoms with Gasteiger partial charge >= 0.3 is 0 Å². The lowest BCUT2D eigenvalue weighted by Crippen LogP contribution is -2.04. The van der Waals surface area contributed by atoms with Gasteiger partial charge in [0.15, 0.2) is 5.82 Å². The number of nitrogens with one attached hydrogen (secondary N) is 1. The van der Waals surface area contributed by atoms with Crippen molar-refractivity contribution >= 4 is 5.82 Å². The lowest BCUT2D eigenvalue weighted by molar-refractivity contribution is 0.416. The maximum absolute atomic E-state index is 6.04. The van der Waals surface area contributed by atoms with E-state index in [0.29, 0.717) is 17.7 Å². The Morgan fingerprint density at radius 2 is 1.89 bits per heavy atom. The van der Waals surface area contributed by atoms with Crippen LogP contribution in [-0.4, -0.2) is 17.3 Å². The van der Waals surface area contributed by atoms with Gasteiger partial charge in [0.05, 0.1) is 12.7 Å². The van der Waals surface area contributed by atoms with Crippen LogP contribution in [0.15, 0.2) is 24.3 Å². The second-order valence-electron chi connectivity index (χ2n) is 5.13. The maximum Gasteiger partial charge on any atom is 0.153 e. The Hall–Kier alpha value is -1.97. The largest absolute Gasteiger partial charge is 0.496 e. The van der Waals surface area contributed by atoms with Crippen LogP contribution < -0.4 is 10.5 Å². The summed E-state index contributed by atoms with van der Waals surface area (Å²) in [5.74, 6) is 2.19. The number of rotatable bonds is 4. The number of nitrogen functional groups attached to an aromatic ring is 1. The molecule has 3 N–H and O–H groups in total. The van der Waals surface area contributed by atoms with Crippen molar-refractivity contribution in [3.05, 3.63) is 30.0 Å². The van der Waals surface area contributed by atoms with Gasteiger partial charge in [-0.1, -0.05) is 39.0 Å². The highest BCUT2D eigenvalue weighted by molar-refractivity contribution is 5.81. The van der Waals surface area contributed by atoms with Crippen molar-refractivity contribution in [2.24, 2.45) is 5.92 Å². The van der Waals surface area contributed by atoms with Crippen molar-refractivity contribution < 1.29 is 4.74 Å². The average molecular weight is 259 g/mol. The van der Waals surface area contributed by atoms with Gasteiger partial charge in [0.2, 0.25) is 0 Å². The van der Waals surface area contributed by atoms with Crippen molar-refractivity contribution in [1.82, 2.24) is 10.2 Å². The molecule has 1 heterocycles. The fourth-order valence-electron chi connectivity index (χ4n) is 2.17. The topological polar surface area (TPSA) is 63.9 Å². The third-order valence-corrected chi connectivity index (χ3v) is 3.65. The van der Waals surface area contributed by atoms with Crippen molar-refractivity contribution in [3.63, 3.8) is 0 Å². The Bertz CT molecular complexity index is 560. The zero-order valence-electron chi connectivity index (χ0n) is 11.9. The fraction of sp³-hybridized carbons (Fsp3) is 0.400. The first-order valence-corrected chi connectivity index (χ1v) is 6.53. The van der Waals surface area contributed by atoms with Crippen LogP contribution in [0.2, 0.25) is 0 Å². The number of aromatic nitrogens is 2. The van der Waals surface area contributed by atoms with Crippen LogP contribution in [0.5, 0.6) is 5.75 Å². The zero-order valence-corrected chi connectivity index (χ0v) is 11.9. The molecule has 19 heavy (non-hydrogen) atoms. The minimum Gasteiger partial charge on any atom is -0.496 e. The predicted molar refractivity (Wildman–Crippen MR) is 78.2 cm³/mol. The lowest BCUT2D eigenvalue weighted by Gasteiger charge is -2.17. The van der Waals surface area contributed by atoms with Gasteiger partial charge in [0, 0.05) is 17.2 Å². The third-order valence-electron chi connectivity index (χ3n) is 3.65. The van der Waals surface area contributed by atoms with Gasteiger partial charge in [-0.3, -0.25) is 5.10 Å². The molecule has 0 saturated carbocycles. The number of benzene rings is 1. The summed E-state index contributed by atoms with van der Waals surface area (Å²) in [7, 11) is 1.67. The first kappa shape index (κ1) is 13.5. The molecule has 1 aromatic carbocycles. The summed E-state index contributed by atoms with van der Waals surface area (Å²) >= 11 is 0. The minimum absolute atomic E-state index is 0.352. The van der Waals surface area contributed by atoms with E-state index in [1.54, 1.807) is 7.11 Å². The summed E-state index contributed by atoms with van der Waals surface area (Å²) in [4.78, 5) is 0. The second-order valence-corrected chi connectivity index (χ2v) is 5.13. The zero-order chi connectivity index (χ0) is 14.0. The molecular formula is C15H21N3O. The van der Waals surface area contributed by atoms with Crippen LogP contribution in [0.1, 0.15) is 32.4 Å². The molecule has 0 fully saturated rings. The predicted octanol–water partition coefficient (Wildman–Crippen LogP) is 3.43. The fourth-order valence-corrected chi connectivity index (χ4v) is 2.17. The van der Waals surface area contributed by atoms with E-state index in [1.165, 1.54) is 0 Å². The van der Waals surface area contributed by atoms with E-state index >= 15 is 0 Å². The van der Waals surface area contributed by atoms with Crippen LogP contribution >= 0.6 is 0 Å². The molecule has 0 radical (unpaired) electrons. The molecule has 0 aliphatic carbocycles. The van der Waals surface area contributed by atoms with Crippen LogP contribution in [0.4, 0.5) is 5.82 Å². The lowest BCUT2D eigenvalue weighted by atomic mass is 9.90. The Balaban J connectivity index is 2.59. The monoisotopic (exact) mass is 259 g/mol. The standard InChI is InChI=1S/C15H21N3O/c1-9(2)10(3)14-13(15(16)18-17-14)11-7-5-6-8-12(11)19-4/h5-10H,1-4H3,(H3,16,17,18). The number of hydrogen-bond donors (Lipinski definition) is 2. The highest BCUT2D eigenvalue weighted by atomic mass is 16.5. The summed E-state index contributed by atoms with van der Waals surface area (Å²) in [6.07, 6.45) is 0. The summed E-state index contributed by atoms with van der Waals surface area (Å²) in [5, 5.41) is 7.24. The number of hydrogen-bond acceptors (Lipinski definition) is 3. The second kappa shape index (κ2) is 5.34. The SMILES string of the molecule is COc1ccccc1-c1c(N)n[nH]c1C(C)C(C)C. The van der Waals surface area contributed by atoms with E-state index in [9.17, 15) is 0 Å². The van der Waals surface area contributed by atoms with Crippen LogP contribution in [0, 0.1) is 5.92 Å². The van der Waals surface area contributed by atoms with Gasteiger partial charge in [-0.15, -0.1) is 0 Å². The number of aromatic amines is 1. The summed E-state index contributed by atoms with van der Waals surface area (Å²) in [6, 6.07) is 7.88. The van der Waals surface area contributed by atoms with Gasteiger partial charge in [0.1, 0.15) is 5.75 Å². The van der Waals surface area contributed by atoms with Crippen LogP contribution in [0.3, 0.4) is 0 Å². The average Bonchev–Trinajstić information content (AvgIpc) is 2.79. The summed E-state index contributed by atoms with van der Waals surface area (Å²) in [6.45, 7) is 6.55.